The van der Waals surface area contributed by atoms with Crippen molar-refractivity contribution in [3.05, 3.63) is 58.1 Å². The number of nitrogens with zero attached hydrogens (tertiary/aromatic N) is 1. The van der Waals surface area contributed by atoms with E-state index in [1.165, 1.54) is 26.1 Å². The normalized spacial score (nSPS) is 10.9. The minimum Gasteiger partial charge on any atom is -0.489 e. The Kier molecular flexibility index (Phi) is 8.05. The fourth-order valence-corrected chi connectivity index (χ4v) is 3.51. The van der Waals surface area contributed by atoms with Gasteiger partial charge in [0.05, 0.1) is 15.4 Å². The fraction of sp³-hybridized carbons (Fsp3) is 0.263. The topological polar surface area (TPSA) is 154 Å². The monoisotopic (exact) mass is 451 g/mol. The molecule has 0 amide bonds. The molecule has 0 heterocycles. The molecule has 2 aromatic rings. The van der Waals surface area contributed by atoms with Gasteiger partial charge in [-0.05, 0) is 31.2 Å². The van der Waals surface area contributed by atoms with Gasteiger partial charge in [0.1, 0.15) is 31.2 Å². The highest BCUT2D eigenvalue weighted by Crippen LogP contribution is 2.27. The number of hydrogen-bond acceptors (Lipinski definition) is 9. The first-order valence-electron chi connectivity index (χ1n) is 9.00. The van der Waals surface area contributed by atoms with E-state index in [2.05, 4.69) is 5.32 Å². The lowest BCUT2D eigenvalue weighted by Gasteiger charge is -2.11. The van der Waals surface area contributed by atoms with Gasteiger partial charge in [0, 0.05) is 13.1 Å². The molecular formula is C19H21N3O8S. The molecule has 2 aromatic carbocycles. The van der Waals surface area contributed by atoms with Gasteiger partial charge in [-0.15, -0.1) is 0 Å². The highest BCUT2D eigenvalue weighted by Gasteiger charge is 2.22. The molecule has 11 nitrogen and oxygen atoms in total. The molecule has 2 rings (SSSR count). The van der Waals surface area contributed by atoms with Crippen molar-refractivity contribution in [1.29, 1.82) is 0 Å². The van der Waals surface area contributed by atoms with Crippen molar-refractivity contribution in [2.24, 2.45) is 0 Å². The second kappa shape index (κ2) is 10.5. The van der Waals surface area contributed by atoms with Crippen molar-refractivity contribution < 1.29 is 32.4 Å². The molecule has 0 radical (unpaired) electrons. The van der Waals surface area contributed by atoms with Gasteiger partial charge in [0.2, 0.25) is 10.0 Å². The van der Waals surface area contributed by atoms with Crippen LogP contribution in [-0.2, 0) is 19.6 Å². The first kappa shape index (κ1) is 23.8. The number of hydrogen-bond donors (Lipinski definition) is 2. The number of sulfonamides is 1. The van der Waals surface area contributed by atoms with Crippen LogP contribution >= 0.6 is 0 Å². The maximum absolute atomic E-state index is 12.3. The van der Waals surface area contributed by atoms with E-state index >= 15 is 0 Å². The molecule has 0 aliphatic rings. The minimum absolute atomic E-state index is 0.0412. The Balaban J connectivity index is 1.88. The van der Waals surface area contributed by atoms with Crippen molar-refractivity contribution >= 4 is 33.2 Å². The maximum Gasteiger partial charge on any atom is 0.321 e. The first-order valence-corrected chi connectivity index (χ1v) is 10.5. The Morgan fingerprint density at radius 2 is 1.84 bits per heavy atom. The van der Waals surface area contributed by atoms with Crippen LogP contribution in [-0.4, -0.2) is 51.9 Å². The summed E-state index contributed by atoms with van der Waals surface area (Å²) in [7, 11) is -2.71. The molecule has 12 heteroatoms. The second-order valence-corrected chi connectivity index (χ2v) is 7.90. The summed E-state index contributed by atoms with van der Waals surface area (Å²) in [5.74, 6) is -0.697. The van der Waals surface area contributed by atoms with E-state index in [0.717, 1.165) is 6.07 Å². The van der Waals surface area contributed by atoms with Crippen LogP contribution in [0.2, 0.25) is 0 Å². The third-order valence-corrected chi connectivity index (χ3v) is 5.42. The van der Waals surface area contributed by atoms with Gasteiger partial charge in [0.25, 0.3) is 5.69 Å². The molecular weight excluding hydrogens is 430 g/mol. The van der Waals surface area contributed by atoms with Crippen molar-refractivity contribution in [1.82, 2.24) is 4.72 Å². The molecule has 0 saturated heterocycles. The number of benzene rings is 2. The molecule has 2 N–H and O–H groups in total. The lowest BCUT2D eigenvalue weighted by atomic mass is 10.1. The summed E-state index contributed by atoms with van der Waals surface area (Å²) in [5.41, 5.74) is 0.116. The van der Waals surface area contributed by atoms with Gasteiger partial charge in [-0.2, -0.15) is 4.72 Å². The van der Waals surface area contributed by atoms with Crippen LogP contribution in [0.15, 0.2) is 47.4 Å². The fourth-order valence-electron chi connectivity index (χ4n) is 2.52. The van der Waals surface area contributed by atoms with Crippen molar-refractivity contribution in [3.63, 3.8) is 0 Å². The second-order valence-electron chi connectivity index (χ2n) is 6.13. The standard InChI is InChI=1S/C19H21N3O8S/c1-13(23)15-5-3-4-6-18(15)29-9-10-30-19(24)12-21-31(27,28)14-7-8-16(20-2)17(11-14)22(25)26/h3-8,11,20-21H,9-10,12H2,1-2H3. The predicted molar refractivity (Wildman–Crippen MR) is 111 cm³/mol. The van der Waals surface area contributed by atoms with Crippen LogP contribution < -0.4 is 14.8 Å². The number of ketones is 1. The van der Waals surface area contributed by atoms with Gasteiger partial charge < -0.3 is 14.8 Å². The molecule has 0 aromatic heterocycles. The number of nitro groups is 1. The maximum atomic E-state index is 12.3. The summed E-state index contributed by atoms with van der Waals surface area (Å²) in [5, 5.41) is 13.7. The Labute approximate surface area is 178 Å². The summed E-state index contributed by atoms with van der Waals surface area (Å²) in [6, 6.07) is 9.90. The summed E-state index contributed by atoms with van der Waals surface area (Å²) < 4.78 is 37.0. The lowest BCUT2D eigenvalue weighted by molar-refractivity contribution is -0.384. The van der Waals surface area contributed by atoms with Gasteiger partial charge >= 0.3 is 5.97 Å². The smallest absolute Gasteiger partial charge is 0.321 e. The molecule has 0 aliphatic carbocycles. The Bertz CT molecular complexity index is 1090. The van der Waals surface area contributed by atoms with Crippen molar-refractivity contribution in [2.45, 2.75) is 11.8 Å². The van der Waals surface area contributed by atoms with E-state index in [0.29, 0.717) is 11.3 Å². The molecule has 0 fully saturated rings. The average Bonchev–Trinajstić information content (AvgIpc) is 2.75. The number of nitro benzene ring substituents is 1. The molecule has 31 heavy (non-hydrogen) atoms. The number of rotatable bonds is 11. The van der Waals surface area contributed by atoms with Crippen LogP contribution in [0.5, 0.6) is 5.75 Å². The van der Waals surface area contributed by atoms with E-state index < -0.39 is 33.1 Å². The van der Waals surface area contributed by atoms with Gasteiger partial charge in [-0.1, -0.05) is 12.1 Å². The molecule has 0 aliphatic heterocycles. The van der Waals surface area contributed by atoms with Crippen LogP contribution in [0.4, 0.5) is 11.4 Å². The number of anilines is 1. The zero-order valence-electron chi connectivity index (χ0n) is 16.8. The zero-order valence-corrected chi connectivity index (χ0v) is 17.6. The molecule has 166 valence electrons. The molecule has 0 saturated carbocycles. The van der Waals surface area contributed by atoms with Gasteiger partial charge in [-0.25, -0.2) is 8.42 Å². The third-order valence-electron chi connectivity index (χ3n) is 4.02. The van der Waals surface area contributed by atoms with Crippen LogP contribution in [0.25, 0.3) is 0 Å². The van der Waals surface area contributed by atoms with Gasteiger partial charge in [-0.3, -0.25) is 19.7 Å². The first-order chi connectivity index (χ1) is 14.7. The molecule has 0 bridgehead atoms. The Morgan fingerprint density at radius 3 is 2.48 bits per heavy atom. The summed E-state index contributed by atoms with van der Waals surface area (Å²) in [6.45, 7) is 0.513. The number of para-hydroxylation sites is 1. The van der Waals surface area contributed by atoms with Crippen LogP contribution in [0, 0.1) is 10.1 Å². The minimum atomic E-state index is -4.18. The van der Waals surface area contributed by atoms with Crippen molar-refractivity contribution in [3.8, 4) is 5.75 Å². The van der Waals surface area contributed by atoms with E-state index in [1.807, 2.05) is 4.72 Å². The predicted octanol–water partition coefficient (Wildman–Crippen LogP) is 1.74. The van der Waals surface area contributed by atoms with Gasteiger partial charge in [0.15, 0.2) is 5.78 Å². The third kappa shape index (κ3) is 6.49. The molecule has 0 unspecified atom stereocenters. The van der Waals surface area contributed by atoms with E-state index in [9.17, 15) is 28.1 Å². The SMILES string of the molecule is CNc1ccc(S(=O)(=O)NCC(=O)OCCOc2ccccc2C(C)=O)cc1[N+](=O)[O-]. The summed E-state index contributed by atoms with van der Waals surface area (Å²) >= 11 is 0. The van der Waals surface area contributed by atoms with E-state index in [-0.39, 0.29) is 29.6 Å². The average molecular weight is 451 g/mol. The number of ether oxygens (including phenoxy) is 2. The highest BCUT2D eigenvalue weighted by atomic mass is 32.2. The Morgan fingerprint density at radius 1 is 1.13 bits per heavy atom. The quantitative estimate of drug-likeness (QED) is 0.171. The number of Topliss-reactive ketones (excluding diaryl/α,β-unsaturated/α-hetero) is 1. The summed E-state index contributed by atoms with van der Waals surface area (Å²) in [6.07, 6.45) is 0. The molecule has 0 spiro atoms. The van der Waals surface area contributed by atoms with Crippen LogP contribution in [0.3, 0.4) is 0 Å². The largest absolute Gasteiger partial charge is 0.489 e. The Hall–Kier alpha value is -3.51. The number of carbonyl (C=O) groups excluding carboxylic acids is 2. The number of carbonyl (C=O) groups is 2. The highest BCUT2D eigenvalue weighted by molar-refractivity contribution is 7.89. The number of esters is 1. The van der Waals surface area contributed by atoms with Crippen LogP contribution in [0.1, 0.15) is 17.3 Å². The molecule has 0 atom stereocenters. The number of nitrogens with one attached hydrogen (secondary N) is 2. The van der Waals surface area contributed by atoms with E-state index in [4.69, 9.17) is 9.47 Å². The van der Waals surface area contributed by atoms with Crippen molar-refractivity contribution in [2.75, 3.05) is 32.1 Å². The lowest BCUT2D eigenvalue weighted by Crippen LogP contribution is -2.31. The summed E-state index contributed by atoms with van der Waals surface area (Å²) in [4.78, 5) is 33.3. The van der Waals surface area contributed by atoms with E-state index in [1.54, 1.807) is 24.3 Å². The zero-order chi connectivity index (χ0) is 23.0.